The van der Waals surface area contributed by atoms with Gasteiger partial charge in [-0.1, -0.05) is 72.1 Å². The van der Waals surface area contributed by atoms with E-state index >= 15 is 0 Å². The third kappa shape index (κ3) is 15.3. The number of ether oxygens (including phenoxy) is 2. The van der Waals surface area contributed by atoms with Crippen LogP contribution in [-0.4, -0.2) is 25.2 Å². The molecule has 0 bridgehead atoms. The molecule has 130 valence electrons. The number of esters is 2. The Balaban J connectivity index is 3.33. The fourth-order valence-corrected chi connectivity index (χ4v) is 2.08. The summed E-state index contributed by atoms with van der Waals surface area (Å²) in [7, 11) is 0. The first-order valence-electron chi connectivity index (χ1n) is 8.87. The maximum atomic E-state index is 11.4. The molecule has 22 heavy (non-hydrogen) atoms. The van der Waals surface area contributed by atoms with Gasteiger partial charge in [-0.25, -0.2) is 0 Å². The van der Waals surface area contributed by atoms with Crippen molar-refractivity contribution in [1.82, 2.24) is 0 Å². The van der Waals surface area contributed by atoms with Crippen molar-refractivity contribution in [2.45, 2.75) is 85.0 Å². The first-order chi connectivity index (χ1) is 10.6. The van der Waals surface area contributed by atoms with Gasteiger partial charge in [-0.15, -0.1) is 0 Å². The van der Waals surface area contributed by atoms with Crippen molar-refractivity contribution in [2.24, 2.45) is 5.92 Å². The number of unbranched alkanes of at least 4 members (excludes halogenated alkanes) is 8. The molecule has 0 spiro atoms. The highest BCUT2D eigenvalue weighted by atomic mass is 16.6. The molecule has 0 aromatic carbocycles. The fourth-order valence-electron chi connectivity index (χ4n) is 2.08. The van der Waals surface area contributed by atoms with E-state index in [1.807, 2.05) is 13.8 Å². The Morgan fingerprint density at radius 1 is 0.773 bits per heavy atom. The largest absolute Gasteiger partial charge is 0.465 e. The lowest BCUT2D eigenvalue weighted by Gasteiger charge is -2.07. The van der Waals surface area contributed by atoms with Crippen LogP contribution in [0.15, 0.2) is 0 Å². The van der Waals surface area contributed by atoms with E-state index in [0.29, 0.717) is 13.2 Å². The lowest BCUT2D eigenvalue weighted by atomic mass is 10.1. The van der Waals surface area contributed by atoms with Crippen LogP contribution in [0.2, 0.25) is 0 Å². The molecular weight excluding hydrogens is 280 g/mol. The SMILES string of the molecule is CCCCCCCCCCCOC(=O)CC(=O)OCC(C)C. The van der Waals surface area contributed by atoms with Gasteiger partial charge in [0.15, 0.2) is 0 Å². The lowest BCUT2D eigenvalue weighted by molar-refractivity contribution is -0.155. The molecule has 0 atom stereocenters. The maximum absolute atomic E-state index is 11.4. The molecule has 0 saturated heterocycles. The minimum Gasteiger partial charge on any atom is -0.465 e. The summed E-state index contributed by atoms with van der Waals surface area (Å²) in [4.78, 5) is 22.7. The van der Waals surface area contributed by atoms with Gasteiger partial charge in [0.05, 0.1) is 13.2 Å². The van der Waals surface area contributed by atoms with Crippen LogP contribution in [0.3, 0.4) is 0 Å². The van der Waals surface area contributed by atoms with E-state index in [2.05, 4.69) is 6.92 Å². The number of carbonyl (C=O) groups excluding carboxylic acids is 2. The highest BCUT2D eigenvalue weighted by molar-refractivity contribution is 5.91. The van der Waals surface area contributed by atoms with Gasteiger partial charge in [-0.05, 0) is 12.3 Å². The maximum Gasteiger partial charge on any atom is 0.317 e. The van der Waals surface area contributed by atoms with Crippen molar-refractivity contribution >= 4 is 11.9 Å². The van der Waals surface area contributed by atoms with Crippen LogP contribution in [0.4, 0.5) is 0 Å². The molecule has 0 amide bonds. The summed E-state index contributed by atoms with van der Waals surface area (Å²) in [6.07, 6.45) is 10.8. The molecule has 0 aliphatic carbocycles. The Morgan fingerprint density at radius 3 is 1.82 bits per heavy atom. The van der Waals surface area contributed by atoms with Crippen LogP contribution in [0.5, 0.6) is 0 Å². The van der Waals surface area contributed by atoms with E-state index < -0.39 is 11.9 Å². The lowest BCUT2D eigenvalue weighted by Crippen LogP contribution is -2.16. The number of rotatable bonds is 14. The summed E-state index contributed by atoms with van der Waals surface area (Å²) < 4.78 is 9.97. The van der Waals surface area contributed by atoms with Gasteiger partial charge in [0.2, 0.25) is 0 Å². The first-order valence-corrected chi connectivity index (χ1v) is 8.87. The molecule has 0 rings (SSSR count). The Kier molecular flexibility index (Phi) is 14.1. The molecule has 0 aromatic heterocycles. The van der Waals surface area contributed by atoms with Crippen molar-refractivity contribution in [1.29, 1.82) is 0 Å². The van der Waals surface area contributed by atoms with E-state index in [1.54, 1.807) is 0 Å². The predicted octanol–water partition coefficient (Wildman–Crippen LogP) is 4.65. The van der Waals surface area contributed by atoms with Gasteiger partial charge in [-0.3, -0.25) is 9.59 Å². The summed E-state index contributed by atoms with van der Waals surface area (Å²) in [5.74, 6) is -0.693. The highest BCUT2D eigenvalue weighted by Gasteiger charge is 2.12. The van der Waals surface area contributed by atoms with Gasteiger partial charge >= 0.3 is 11.9 Å². The van der Waals surface area contributed by atoms with Crippen LogP contribution in [0.25, 0.3) is 0 Å². The van der Waals surface area contributed by atoms with E-state index in [-0.39, 0.29) is 12.3 Å². The Bertz CT molecular complexity index is 287. The summed E-state index contributed by atoms with van der Waals surface area (Å²) in [5.41, 5.74) is 0. The average molecular weight is 314 g/mol. The molecular formula is C18H34O4. The minimum atomic E-state index is -0.495. The average Bonchev–Trinajstić information content (AvgIpc) is 2.47. The van der Waals surface area contributed by atoms with Crippen molar-refractivity contribution in [3.8, 4) is 0 Å². The van der Waals surface area contributed by atoms with Crippen LogP contribution in [-0.2, 0) is 19.1 Å². The molecule has 0 heterocycles. The van der Waals surface area contributed by atoms with Gasteiger partial charge < -0.3 is 9.47 Å². The smallest absolute Gasteiger partial charge is 0.317 e. The summed E-state index contributed by atoms with van der Waals surface area (Å²) in [6, 6.07) is 0. The van der Waals surface area contributed by atoms with Crippen molar-refractivity contribution in [2.75, 3.05) is 13.2 Å². The van der Waals surface area contributed by atoms with Gasteiger partial charge in [-0.2, -0.15) is 0 Å². The zero-order chi connectivity index (χ0) is 16.6. The second-order valence-electron chi connectivity index (χ2n) is 6.30. The zero-order valence-corrected chi connectivity index (χ0v) is 14.7. The van der Waals surface area contributed by atoms with Gasteiger partial charge in [0.1, 0.15) is 6.42 Å². The number of hydrogen-bond acceptors (Lipinski definition) is 4. The number of carbonyl (C=O) groups is 2. The molecule has 0 aromatic rings. The van der Waals surface area contributed by atoms with Crippen LogP contribution in [0.1, 0.15) is 85.0 Å². The molecule has 0 aliphatic heterocycles. The normalized spacial score (nSPS) is 10.7. The molecule has 0 N–H and O–H groups in total. The van der Waals surface area contributed by atoms with Gasteiger partial charge in [0.25, 0.3) is 0 Å². The second kappa shape index (κ2) is 14.9. The van der Waals surface area contributed by atoms with Crippen LogP contribution < -0.4 is 0 Å². The quantitative estimate of drug-likeness (QED) is 0.266. The minimum absolute atomic E-state index is 0.274. The van der Waals surface area contributed by atoms with E-state index in [1.165, 1.54) is 44.9 Å². The van der Waals surface area contributed by atoms with E-state index in [0.717, 1.165) is 12.8 Å². The number of hydrogen-bond donors (Lipinski definition) is 0. The van der Waals surface area contributed by atoms with Gasteiger partial charge in [0, 0.05) is 0 Å². The summed E-state index contributed by atoms with van der Waals surface area (Å²) in [5, 5.41) is 0. The van der Waals surface area contributed by atoms with Crippen molar-refractivity contribution in [3.05, 3.63) is 0 Å². The van der Waals surface area contributed by atoms with Crippen LogP contribution >= 0.6 is 0 Å². The predicted molar refractivity (Wildman–Crippen MR) is 88.6 cm³/mol. The van der Waals surface area contributed by atoms with Crippen LogP contribution in [0, 0.1) is 5.92 Å². The molecule has 0 fully saturated rings. The van der Waals surface area contributed by atoms with Crippen molar-refractivity contribution < 1.29 is 19.1 Å². The Labute approximate surface area is 135 Å². The topological polar surface area (TPSA) is 52.6 Å². The van der Waals surface area contributed by atoms with Crippen molar-refractivity contribution in [3.63, 3.8) is 0 Å². The third-order valence-corrected chi connectivity index (χ3v) is 3.38. The molecule has 0 saturated carbocycles. The molecule has 4 nitrogen and oxygen atoms in total. The van der Waals surface area contributed by atoms with E-state index in [9.17, 15) is 9.59 Å². The molecule has 0 unspecified atom stereocenters. The first kappa shape index (κ1) is 20.9. The molecule has 0 aliphatic rings. The Morgan fingerprint density at radius 2 is 1.27 bits per heavy atom. The molecule has 4 heteroatoms. The summed E-state index contributed by atoms with van der Waals surface area (Å²) in [6.45, 7) is 6.90. The monoisotopic (exact) mass is 314 g/mol. The van der Waals surface area contributed by atoms with E-state index in [4.69, 9.17) is 9.47 Å². The second-order valence-corrected chi connectivity index (χ2v) is 6.30. The Hall–Kier alpha value is -1.06. The summed E-state index contributed by atoms with van der Waals surface area (Å²) >= 11 is 0. The third-order valence-electron chi connectivity index (χ3n) is 3.38. The zero-order valence-electron chi connectivity index (χ0n) is 14.7. The fraction of sp³-hybridized carbons (Fsp3) is 0.889. The highest BCUT2D eigenvalue weighted by Crippen LogP contribution is 2.09. The standard InChI is InChI=1S/C18H34O4/c1-4-5-6-7-8-9-10-11-12-13-21-17(19)14-18(20)22-15-16(2)3/h16H,4-15H2,1-3H3. The molecule has 0 radical (unpaired) electrons.